The summed E-state index contributed by atoms with van der Waals surface area (Å²) >= 11 is 6.54. The number of hydrogen-bond donors (Lipinski definition) is 0. The summed E-state index contributed by atoms with van der Waals surface area (Å²) in [6.07, 6.45) is 5.12. The summed E-state index contributed by atoms with van der Waals surface area (Å²) < 4.78 is 27.1. The summed E-state index contributed by atoms with van der Waals surface area (Å²) in [5.74, 6) is -2.72. The van der Waals surface area contributed by atoms with E-state index in [-0.39, 0.29) is 35.3 Å². The number of carbonyl (C=O) groups excluding carboxylic acids is 3. The van der Waals surface area contributed by atoms with E-state index in [1.54, 1.807) is 40.2 Å². The van der Waals surface area contributed by atoms with Crippen molar-refractivity contribution in [1.82, 2.24) is 9.47 Å². The van der Waals surface area contributed by atoms with Crippen LogP contribution in [0.4, 0.5) is 4.39 Å². The highest BCUT2D eigenvalue weighted by atomic mass is 79.9. The molecule has 0 saturated heterocycles. The first kappa shape index (κ1) is 31.2. The molecule has 40 heavy (non-hydrogen) atoms. The lowest BCUT2D eigenvalue weighted by molar-refractivity contribution is -0.138. The topological polar surface area (TPSA) is 94.9 Å². The van der Waals surface area contributed by atoms with Crippen LogP contribution >= 0.6 is 31.9 Å². The molecule has 212 valence electrons. The molecule has 0 unspecified atom stereocenters. The molecule has 0 radical (unpaired) electrons. The van der Waals surface area contributed by atoms with Gasteiger partial charge in [0.05, 0.1) is 24.3 Å². The Morgan fingerprint density at radius 2 is 1.62 bits per heavy atom. The van der Waals surface area contributed by atoms with Gasteiger partial charge in [-0.2, -0.15) is 0 Å². The van der Waals surface area contributed by atoms with Crippen molar-refractivity contribution in [3.05, 3.63) is 90.5 Å². The molecule has 1 aliphatic carbocycles. The lowest BCUT2D eigenvalue weighted by atomic mass is 10.0. The van der Waals surface area contributed by atoms with Crippen LogP contribution < -0.4 is 5.43 Å². The second-order valence-corrected chi connectivity index (χ2v) is 10.9. The van der Waals surface area contributed by atoms with E-state index in [0.29, 0.717) is 15.9 Å². The lowest BCUT2D eigenvalue weighted by Crippen LogP contribution is -2.20. The smallest absolute Gasteiger partial charge is 0.343 e. The summed E-state index contributed by atoms with van der Waals surface area (Å²) in [4.78, 5) is 50.0. The van der Waals surface area contributed by atoms with Gasteiger partial charge in [-0.1, -0.05) is 31.9 Å². The molecule has 1 aromatic heterocycles. The zero-order valence-corrected chi connectivity index (χ0v) is 25.7. The fourth-order valence-electron chi connectivity index (χ4n) is 3.82. The Morgan fingerprint density at radius 1 is 1.00 bits per heavy atom. The number of halogens is 3. The maximum atomic E-state index is 13.8. The molecule has 0 atom stereocenters. The Labute approximate surface area is 248 Å². The third-order valence-electron chi connectivity index (χ3n) is 5.73. The van der Waals surface area contributed by atoms with Crippen LogP contribution in [0.3, 0.4) is 0 Å². The Hall–Kier alpha value is -3.31. The molecule has 3 aromatic rings. The van der Waals surface area contributed by atoms with Gasteiger partial charge in [0.25, 0.3) is 0 Å². The SMILES string of the molecule is CCOC(=O)/C(=C\N(C)C)C(=O)c1ccc(Br)cc1F.CCOC(=O)c1cn(C2CC2)c2cc(Br)ccc2c1=O. The van der Waals surface area contributed by atoms with Gasteiger partial charge in [-0.3, -0.25) is 9.59 Å². The number of esters is 2. The number of carbonyl (C=O) groups is 3. The van der Waals surface area contributed by atoms with Gasteiger partial charge in [0.2, 0.25) is 11.2 Å². The van der Waals surface area contributed by atoms with Crippen LogP contribution in [-0.2, 0) is 14.3 Å². The average molecular weight is 680 g/mol. The normalized spacial score (nSPS) is 12.8. The maximum absolute atomic E-state index is 13.8. The van der Waals surface area contributed by atoms with Gasteiger partial charge in [-0.25, -0.2) is 14.0 Å². The molecule has 0 amide bonds. The second-order valence-electron chi connectivity index (χ2n) is 9.07. The quantitative estimate of drug-likeness (QED) is 0.0940. The number of fused-ring (bicyclic) bond motifs is 1. The molecule has 4 rings (SSSR count). The number of ether oxygens (including phenoxy) is 2. The molecule has 0 spiro atoms. The first-order valence-corrected chi connectivity index (χ1v) is 14.1. The van der Waals surface area contributed by atoms with Crippen molar-refractivity contribution < 1.29 is 28.2 Å². The number of pyridine rings is 1. The van der Waals surface area contributed by atoms with E-state index in [1.165, 1.54) is 29.3 Å². The number of benzene rings is 2. The van der Waals surface area contributed by atoms with E-state index in [9.17, 15) is 23.6 Å². The van der Waals surface area contributed by atoms with E-state index in [0.717, 1.165) is 22.8 Å². The molecule has 0 aliphatic heterocycles. The monoisotopic (exact) mass is 678 g/mol. The predicted octanol–water partition coefficient (Wildman–Crippen LogP) is 6.06. The molecule has 2 aromatic carbocycles. The van der Waals surface area contributed by atoms with Crippen LogP contribution in [0.25, 0.3) is 10.9 Å². The average Bonchev–Trinajstić information content (AvgIpc) is 3.73. The summed E-state index contributed by atoms with van der Waals surface area (Å²) in [7, 11) is 3.31. The zero-order chi connectivity index (χ0) is 29.6. The van der Waals surface area contributed by atoms with Crippen molar-refractivity contribution in [2.24, 2.45) is 0 Å². The van der Waals surface area contributed by atoms with E-state index >= 15 is 0 Å². The van der Waals surface area contributed by atoms with E-state index in [1.807, 2.05) is 16.7 Å². The molecule has 1 heterocycles. The Morgan fingerprint density at radius 3 is 2.20 bits per heavy atom. The second kappa shape index (κ2) is 13.8. The first-order chi connectivity index (χ1) is 19.0. The lowest BCUT2D eigenvalue weighted by Gasteiger charge is -2.12. The van der Waals surface area contributed by atoms with Crippen LogP contribution in [-0.4, -0.2) is 54.5 Å². The molecule has 11 heteroatoms. The molecule has 1 aliphatic rings. The van der Waals surface area contributed by atoms with E-state index in [2.05, 4.69) is 31.9 Å². The molecular weight excluding hydrogens is 651 g/mol. The van der Waals surface area contributed by atoms with Crippen molar-refractivity contribution in [1.29, 1.82) is 0 Å². The molecular formula is C29H29Br2FN2O6. The Kier molecular flexibility index (Phi) is 10.8. The number of nitrogens with zero attached hydrogens (tertiary/aromatic N) is 2. The molecule has 1 saturated carbocycles. The third kappa shape index (κ3) is 7.66. The van der Waals surface area contributed by atoms with Crippen molar-refractivity contribution in [3.8, 4) is 0 Å². The van der Waals surface area contributed by atoms with Gasteiger partial charge in [0.15, 0.2) is 0 Å². The zero-order valence-electron chi connectivity index (χ0n) is 22.5. The Balaban J connectivity index is 0.000000220. The van der Waals surface area contributed by atoms with Crippen molar-refractivity contribution in [2.75, 3.05) is 27.3 Å². The minimum atomic E-state index is -0.770. The largest absolute Gasteiger partial charge is 0.462 e. The van der Waals surface area contributed by atoms with Gasteiger partial charge in [-0.05, 0) is 63.1 Å². The number of rotatable bonds is 8. The number of ketones is 1. The van der Waals surface area contributed by atoms with E-state index in [4.69, 9.17) is 9.47 Å². The third-order valence-corrected chi connectivity index (χ3v) is 6.72. The fourth-order valence-corrected chi connectivity index (χ4v) is 4.50. The van der Waals surface area contributed by atoms with Crippen molar-refractivity contribution in [2.45, 2.75) is 32.7 Å². The Bertz CT molecular complexity index is 1530. The highest BCUT2D eigenvalue weighted by Crippen LogP contribution is 2.37. The highest BCUT2D eigenvalue weighted by Gasteiger charge is 2.27. The van der Waals surface area contributed by atoms with Gasteiger partial charge in [0.1, 0.15) is 17.0 Å². The molecule has 0 bridgehead atoms. The predicted molar refractivity (Wildman–Crippen MR) is 157 cm³/mol. The first-order valence-electron chi connectivity index (χ1n) is 12.5. The van der Waals surface area contributed by atoms with Crippen molar-refractivity contribution >= 4 is 60.5 Å². The standard InChI is InChI=1S/C15H14BrNO3.C14H15BrFNO3/c1-2-20-15(19)12-8-17(10-4-5-10)13-7-9(16)3-6-11(13)14(12)18;1-4-20-14(19)11(8-17(2)3)13(18)10-6-5-9(15)7-12(10)16/h3,6-8,10H,2,4-5H2,1H3;5-8H,4H2,1-3H3/b;11-8-. The van der Waals surface area contributed by atoms with Gasteiger partial charge in [0, 0.05) is 46.9 Å². The summed E-state index contributed by atoms with van der Waals surface area (Å²) in [6.45, 7) is 3.77. The van der Waals surface area contributed by atoms with Crippen LogP contribution in [0.15, 0.2) is 68.1 Å². The van der Waals surface area contributed by atoms with Crippen molar-refractivity contribution in [3.63, 3.8) is 0 Å². The van der Waals surface area contributed by atoms with Gasteiger partial charge in [-0.15, -0.1) is 0 Å². The van der Waals surface area contributed by atoms with Crippen LogP contribution in [0.1, 0.15) is 53.4 Å². The summed E-state index contributed by atoms with van der Waals surface area (Å²) in [5.41, 5.74) is 0.337. The molecule has 0 N–H and O–H groups in total. The summed E-state index contributed by atoms with van der Waals surface area (Å²) in [6, 6.07) is 9.90. The number of hydrogen-bond acceptors (Lipinski definition) is 7. The minimum Gasteiger partial charge on any atom is -0.462 e. The number of Topliss-reactive ketones (excluding diaryl/α,β-unsaturated/α-hetero) is 1. The van der Waals surface area contributed by atoms with Gasteiger partial charge >= 0.3 is 11.9 Å². The number of aromatic nitrogens is 1. The molecule has 8 nitrogen and oxygen atoms in total. The maximum Gasteiger partial charge on any atom is 0.343 e. The summed E-state index contributed by atoms with van der Waals surface area (Å²) in [5, 5.41) is 0.561. The fraction of sp³-hybridized carbons (Fsp3) is 0.310. The highest BCUT2D eigenvalue weighted by molar-refractivity contribution is 9.10. The van der Waals surface area contributed by atoms with Crippen LogP contribution in [0.2, 0.25) is 0 Å². The van der Waals surface area contributed by atoms with Gasteiger partial charge < -0.3 is 18.9 Å². The minimum absolute atomic E-state index is 0.119. The van der Waals surface area contributed by atoms with E-state index < -0.39 is 23.5 Å². The van der Waals surface area contributed by atoms with Crippen LogP contribution in [0.5, 0.6) is 0 Å². The molecule has 1 fully saturated rings. The van der Waals surface area contributed by atoms with Crippen LogP contribution in [0, 0.1) is 5.82 Å².